The van der Waals surface area contributed by atoms with E-state index in [0.29, 0.717) is 12.5 Å². The van der Waals surface area contributed by atoms with Gasteiger partial charge in [0.1, 0.15) is 17.4 Å². The first-order valence-corrected chi connectivity index (χ1v) is 8.21. The van der Waals surface area contributed by atoms with Crippen LogP contribution in [0.3, 0.4) is 0 Å². The molecule has 1 amide bonds. The highest BCUT2D eigenvalue weighted by Crippen LogP contribution is 2.26. The molecule has 0 bridgehead atoms. The highest BCUT2D eigenvalue weighted by atomic mass is 35.5. The smallest absolute Gasteiger partial charge is 0.288 e. The molecule has 0 atom stereocenters. The molecule has 2 aromatic carbocycles. The summed E-state index contributed by atoms with van der Waals surface area (Å²) in [5.41, 5.74) is 0.984. The van der Waals surface area contributed by atoms with Crippen LogP contribution in [-0.4, -0.2) is 24.0 Å². The Kier molecular flexibility index (Phi) is 6.36. The number of amides is 1. The monoisotopic (exact) mass is 362 g/mol. The molecule has 25 heavy (non-hydrogen) atoms. The van der Waals surface area contributed by atoms with Gasteiger partial charge in [0, 0.05) is 11.6 Å². The molecule has 6 nitrogen and oxygen atoms in total. The average molecular weight is 363 g/mol. The Hall–Kier alpha value is -2.60. The van der Waals surface area contributed by atoms with Crippen LogP contribution in [-0.2, 0) is 0 Å². The normalized spacial score (nSPS) is 10.6. The van der Waals surface area contributed by atoms with E-state index >= 15 is 0 Å². The lowest BCUT2D eigenvalue weighted by Crippen LogP contribution is -2.28. The van der Waals surface area contributed by atoms with Gasteiger partial charge in [-0.15, -0.1) is 0 Å². The minimum Gasteiger partial charge on any atom is -0.491 e. The Morgan fingerprint density at radius 1 is 1.28 bits per heavy atom. The molecule has 2 rings (SSSR count). The van der Waals surface area contributed by atoms with Crippen LogP contribution in [0.4, 0.5) is 5.69 Å². The molecule has 0 saturated heterocycles. The molecule has 1 N–H and O–H groups in total. The number of rotatable bonds is 7. The van der Waals surface area contributed by atoms with E-state index in [9.17, 15) is 14.9 Å². The average Bonchev–Trinajstić information content (AvgIpc) is 2.58. The van der Waals surface area contributed by atoms with Gasteiger partial charge in [0.25, 0.3) is 11.6 Å². The summed E-state index contributed by atoms with van der Waals surface area (Å²) in [6.07, 6.45) is 0. The van der Waals surface area contributed by atoms with Crippen LogP contribution in [0, 0.1) is 10.1 Å². The molecule has 0 fully saturated rings. The Morgan fingerprint density at radius 3 is 2.68 bits per heavy atom. The van der Waals surface area contributed by atoms with E-state index in [1.54, 1.807) is 0 Å². The third-order valence-electron chi connectivity index (χ3n) is 3.59. The number of carbonyl (C=O) groups excluding carboxylic acids is 1. The van der Waals surface area contributed by atoms with Crippen LogP contribution in [0.2, 0.25) is 5.02 Å². The fraction of sp³-hybridized carbons (Fsp3) is 0.278. The maximum atomic E-state index is 12.1. The Bertz CT molecular complexity index is 777. The maximum Gasteiger partial charge on any atom is 0.288 e. The Balaban J connectivity index is 1.91. The third-order valence-corrected chi connectivity index (χ3v) is 3.91. The van der Waals surface area contributed by atoms with Gasteiger partial charge < -0.3 is 10.1 Å². The fourth-order valence-electron chi connectivity index (χ4n) is 2.31. The lowest BCUT2D eigenvalue weighted by atomic mass is 10.0. The highest BCUT2D eigenvalue weighted by Gasteiger charge is 2.16. The molecule has 0 aliphatic heterocycles. The number of nitrogens with zero attached hydrogens (tertiary/aromatic N) is 1. The minimum absolute atomic E-state index is 0.00447. The number of hydrogen-bond donors (Lipinski definition) is 1. The van der Waals surface area contributed by atoms with Gasteiger partial charge in [-0.1, -0.05) is 43.6 Å². The van der Waals surface area contributed by atoms with E-state index in [0.717, 1.165) is 17.4 Å². The second-order valence-corrected chi connectivity index (χ2v) is 6.13. The molecule has 132 valence electrons. The molecule has 0 saturated carbocycles. The summed E-state index contributed by atoms with van der Waals surface area (Å²) >= 11 is 5.74. The third kappa shape index (κ3) is 4.93. The van der Waals surface area contributed by atoms with Gasteiger partial charge in [0.05, 0.1) is 11.5 Å². The number of ether oxygens (including phenoxy) is 1. The van der Waals surface area contributed by atoms with Crippen molar-refractivity contribution in [3.05, 3.63) is 68.7 Å². The molecule has 0 aliphatic rings. The lowest BCUT2D eigenvalue weighted by Gasteiger charge is -2.14. The fourth-order valence-corrected chi connectivity index (χ4v) is 2.50. The van der Waals surface area contributed by atoms with Crippen LogP contribution in [0.1, 0.15) is 35.7 Å². The van der Waals surface area contributed by atoms with Crippen molar-refractivity contribution >= 4 is 23.2 Å². The van der Waals surface area contributed by atoms with E-state index in [1.807, 2.05) is 24.3 Å². The topological polar surface area (TPSA) is 81.5 Å². The summed E-state index contributed by atoms with van der Waals surface area (Å²) < 4.78 is 5.72. The Morgan fingerprint density at radius 2 is 2.00 bits per heavy atom. The van der Waals surface area contributed by atoms with E-state index in [-0.39, 0.29) is 22.8 Å². The van der Waals surface area contributed by atoms with Gasteiger partial charge in [-0.2, -0.15) is 0 Å². The summed E-state index contributed by atoms with van der Waals surface area (Å²) in [7, 11) is 0. The van der Waals surface area contributed by atoms with Gasteiger partial charge in [0.15, 0.2) is 0 Å². The molecule has 0 aromatic heterocycles. The van der Waals surface area contributed by atoms with E-state index in [4.69, 9.17) is 16.3 Å². The van der Waals surface area contributed by atoms with Gasteiger partial charge in [0.2, 0.25) is 0 Å². The summed E-state index contributed by atoms with van der Waals surface area (Å²) in [5, 5.41) is 13.5. The summed E-state index contributed by atoms with van der Waals surface area (Å²) in [6.45, 7) is 4.74. The predicted molar refractivity (Wildman–Crippen MR) is 96.5 cm³/mol. The number of hydrogen-bond acceptors (Lipinski definition) is 4. The summed E-state index contributed by atoms with van der Waals surface area (Å²) in [6, 6.07) is 11.7. The number of carbonyl (C=O) groups is 1. The number of para-hydroxylation sites is 1. The van der Waals surface area contributed by atoms with E-state index < -0.39 is 10.8 Å². The van der Waals surface area contributed by atoms with Crippen molar-refractivity contribution in [2.45, 2.75) is 19.8 Å². The zero-order chi connectivity index (χ0) is 18.4. The van der Waals surface area contributed by atoms with Gasteiger partial charge >= 0.3 is 0 Å². The maximum absolute atomic E-state index is 12.1. The number of nitro groups is 1. The van der Waals surface area contributed by atoms with Crippen molar-refractivity contribution < 1.29 is 14.5 Å². The summed E-state index contributed by atoms with van der Waals surface area (Å²) in [5.74, 6) is 0.704. The standard InChI is InChI=1S/C18H19ClN2O4/c1-12(2)14-5-3-4-6-17(14)25-10-9-20-18(22)13-7-8-15(19)16(11-13)21(23)24/h3-8,11-12H,9-10H2,1-2H3,(H,20,22). The van der Waals surface area contributed by atoms with Gasteiger partial charge in [-0.3, -0.25) is 14.9 Å². The zero-order valence-corrected chi connectivity index (χ0v) is 14.7. The molecular weight excluding hydrogens is 344 g/mol. The molecule has 0 radical (unpaired) electrons. The van der Waals surface area contributed by atoms with E-state index in [2.05, 4.69) is 19.2 Å². The van der Waals surface area contributed by atoms with Crippen LogP contribution >= 0.6 is 11.6 Å². The van der Waals surface area contributed by atoms with Crippen molar-refractivity contribution in [1.82, 2.24) is 5.32 Å². The van der Waals surface area contributed by atoms with Gasteiger partial charge in [-0.05, 0) is 29.7 Å². The van der Waals surface area contributed by atoms with Crippen molar-refractivity contribution in [3.8, 4) is 5.75 Å². The molecule has 0 heterocycles. The molecule has 0 spiro atoms. The lowest BCUT2D eigenvalue weighted by molar-refractivity contribution is -0.384. The second kappa shape index (κ2) is 8.48. The van der Waals surface area contributed by atoms with Crippen molar-refractivity contribution in [3.63, 3.8) is 0 Å². The highest BCUT2D eigenvalue weighted by molar-refractivity contribution is 6.32. The van der Waals surface area contributed by atoms with Crippen molar-refractivity contribution in [1.29, 1.82) is 0 Å². The van der Waals surface area contributed by atoms with Crippen molar-refractivity contribution in [2.24, 2.45) is 0 Å². The zero-order valence-electron chi connectivity index (χ0n) is 14.0. The molecule has 0 aliphatic carbocycles. The predicted octanol–water partition coefficient (Wildman–Crippen LogP) is 4.18. The summed E-state index contributed by atoms with van der Waals surface area (Å²) in [4.78, 5) is 22.3. The molecule has 2 aromatic rings. The first-order chi connectivity index (χ1) is 11.9. The van der Waals surface area contributed by atoms with Gasteiger partial charge in [-0.25, -0.2) is 0 Å². The van der Waals surface area contributed by atoms with E-state index in [1.165, 1.54) is 12.1 Å². The Labute approximate surface area is 150 Å². The molecule has 0 unspecified atom stereocenters. The quantitative estimate of drug-likeness (QED) is 0.455. The van der Waals surface area contributed by atoms with Crippen LogP contribution < -0.4 is 10.1 Å². The van der Waals surface area contributed by atoms with Crippen molar-refractivity contribution in [2.75, 3.05) is 13.2 Å². The molecular formula is C18H19ClN2O4. The first kappa shape index (κ1) is 18.7. The first-order valence-electron chi connectivity index (χ1n) is 7.84. The van der Waals surface area contributed by atoms with Crippen LogP contribution in [0.15, 0.2) is 42.5 Å². The SMILES string of the molecule is CC(C)c1ccccc1OCCNC(=O)c1ccc(Cl)c([N+](=O)[O-])c1. The number of halogens is 1. The minimum atomic E-state index is -0.620. The second-order valence-electron chi connectivity index (χ2n) is 5.72. The number of nitro benzene ring substituents is 1. The molecule has 7 heteroatoms. The van der Waals surface area contributed by atoms with Crippen LogP contribution in [0.5, 0.6) is 5.75 Å². The number of benzene rings is 2. The van der Waals surface area contributed by atoms with Crippen LogP contribution in [0.25, 0.3) is 0 Å². The number of nitrogens with one attached hydrogen (secondary N) is 1. The largest absolute Gasteiger partial charge is 0.491 e.